The van der Waals surface area contributed by atoms with Gasteiger partial charge in [-0.05, 0) is 0 Å². The fourth-order valence-electron chi connectivity index (χ4n) is 0. The molecular formula is H2GeSSbTe. The van der Waals surface area contributed by atoms with E-state index in [9.17, 15) is 0 Å². The van der Waals surface area contributed by atoms with E-state index in [1.807, 2.05) is 0 Å². The molecule has 0 heterocycles. The summed E-state index contributed by atoms with van der Waals surface area (Å²) in [4.78, 5) is 0. The van der Waals surface area contributed by atoms with Gasteiger partial charge < -0.3 is 0 Å². The van der Waals surface area contributed by atoms with Gasteiger partial charge in [0.25, 0.3) is 0 Å². The zero-order valence-corrected chi connectivity index (χ0v) is 9.84. The molecule has 0 fully saturated rings. The Labute approximate surface area is 78.1 Å². The molecule has 0 aliphatic carbocycles. The molecule has 4 heavy (non-hydrogen) atoms. The SMILES string of the molecule is S.[Ge].[Sb].[Te]. The second-order valence-electron chi connectivity index (χ2n) is 0. The molecule has 0 unspecified atom stereocenters. The number of rotatable bonds is 0. The van der Waals surface area contributed by atoms with Crippen LogP contribution >= 0.6 is 13.5 Å². The zero-order valence-electron chi connectivity index (χ0n) is 1.86. The van der Waals surface area contributed by atoms with Gasteiger partial charge in [-0.2, -0.15) is 13.5 Å². The van der Waals surface area contributed by atoms with E-state index in [2.05, 4.69) is 0 Å². The monoisotopic (exact) mass is 359 g/mol. The first-order valence-electron chi connectivity index (χ1n) is 0. The maximum absolute atomic E-state index is 0. The fourth-order valence-corrected chi connectivity index (χ4v) is 0. The molecule has 0 nitrogen and oxygen atoms in total. The van der Waals surface area contributed by atoms with Crippen LogP contribution in [-0.2, 0) is 0 Å². The third-order valence-electron chi connectivity index (χ3n) is 0. The summed E-state index contributed by atoms with van der Waals surface area (Å²) in [5.41, 5.74) is 0. The van der Waals surface area contributed by atoms with Crippen molar-refractivity contribution < 1.29 is 0 Å². The minimum Gasteiger partial charge on any atom is -0.197 e. The maximum Gasteiger partial charge on any atom is 0 e. The van der Waals surface area contributed by atoms with Gasteiger partial charge in [0, 0.05) is 65.7 Å². The summed E-state index contributed by atoms with van der Waals surface area (Å²) >= 11 is 0. The normalized spacial score (nSPS) is 0. The summed E-state index contributed by atoms with van der Waals surface area (Å²) in [6, 6.07) is 0. The third kappa shape index (κ3) is 8.82. The van der Waals surface area contributed by atoms with Crippen LogP contribution in [0, 0.1) is 0 Å². The number of hydrogen-bond donors (Lipinski definition) is 0. The van der Waals surface area contributed by atoms with Crippen molar-refractivity contribution in [3.63, 3.8) is 0 Å². The van der Waals surface area contributed by atoms with Gasteiger partial charge in [0.15, 0.2) is 0 Å². The van der Waals surface area contributed by atoms with Crippen LogP contribution in [0.15, 0.2) is 0 Å². The predicted octanol–water partition coefficient (Wildman–Crippen LogP) is -1.03. The molecule has 0 rings (SSSR count). The number of hydrogen-bond acceptors (Lipinski definition) is 0. The van der Waals surface area contributed by atoms with Gasteiger partial charge in [-0.3, -0.25) is 0 Å². The molecule has 9 radical (unpaired) electrons. The molecule has 23 valence electrons. The topological polar surface area (TPSA) is 0 Å². The molecule has 0 bridgehead atoms. The van der Waals surface area contributed by atoms with E-state index < -0.39 is 0 Å². The van der Waals surface area contributed by atoms with Crippen molar-refractivity contribution in [1.29, 1.82) is 0 Å². The molecule has 0 saturated heterocycles. The van der Waals surface area contributed by atoms with Crippen LogP contribution in [0.2, 0.25) is 0 Å². The summed E-state index contributed by atoms with van der Waals surface area (Å²) in [6.45, 7) is 0. The zero-order chi connectivity index (χ0) is 0. The van der Waals surface area contributed by atoms with Crippen molar-refractivity contribution in [2.24, 2.45) is 0 Å². The van der Waals surface area contributed by atoms with Crippen LogP contribution in [0.5, 0.6) is 0 Å². The molecule has 4 heteroatoms. The van der Waals surface area contributed by atoms with Gasteiger partial charge in [0.05, 0.1) is 0 Å². The maximum atomic E-state index is 0. The average Bonchev–Trinajstić information content (AvgIpc) is 0. The van der Waals surface area contributed by atoms with Crippen LogP contribution in [0.1, 0.15) is 0 Å². The third-order valence-corrected chi connectivity index (χ3v) is 0. The second kappa shape index (κ2) is 17.8. The van der Waals surface area contributed by atoms with Crippen molar-refractivity contribution in [2.75, 3.05) is 0 Å². The molecule has 0 aromatic carbocycles. The van der Waals surface area contributed by atoms with E-state index in [-0.39, 0.29) is 79.2 Å². The van der Waals surface area contributed by atoms with E-state index >= 15 is 0 Å². The van der Waals surface area contributed by atoms with E-state index in [1.165, 1.54) is 0 Å². The summed E-state index contributed by atoms with van der Waals surface area (Å²) in [5.74, 6) is 0. The Morgan fingerprint density at radius 3 is 1.00 bits per heavy atom. The van der Waals surface area contributed by atoms with E-state index in [0.29, 0.717) is 0 Å². The van der Waals surface area contributed by atoms with Gasteiger partial charge in [0.2, 0.25) is 0 Å². The molecule has 0 amide bonds. The first kappa shape index (κ1) is 31.5. The van der Waals surface area contributed by atoms with Gasteiger partial charge in [-0.25, -0.2) is 0 Å². The summed E-state index contributed by atoms with van der Waals surface area (Å²) < 4.78 is 0. The van der Waals surface area contributed by atoms with Crippen LogP contribution in [0.4, 0.5) is 0 Å². The van der Waals surface area contributed by atoms with Gasteiger partial charge in [-0.15, -0.1) is 0 Å². The van der Waals surface area contributed by atoms with Crippen LogP contribution in [0.3, 0.4) is 0 Å². The largest absolute Gasteiger partial charge is 0.197 e. The Hall–Kier alpha value is 2.50. The Kier molecular flexibility index (Phi) is 140. The standard InChI is InChI=1S/Ge.H2S.Sb.Te/h;1H2;;. The Morgan fingerprint density at radius 1 is 1.00 bits per heavy atom. The molecule has 0 saturated carbocycles. The summed E-state index contributed by atoms with van der Waals surface area (Å²) in [6.07, 6.45) is 0. The Morgan fingerprint density at radius 2 is 1.00 bits per heavy atom. The first-order valence-corrected chi connectivity index (χ1v) is 0. The molecule has 0 spiro atoms. The molecule has 0 aromatic heterocycles. The van der Waals surface area contributed by atoms with Crippen molar-refractivity contribution in [3.05, 3.63) is 0 Å². The fraction of sp³-hybridized carbons (Fsp3) is 0. The van der Waals surface area contributed by atoms with Gasteiger partial charge in [-0.1, -0.05) is 0 Å². The first-order chi connectivity index (χ1) is 0. The minimum absolute atomic E-state index is 0. The molecule has 0 aliphatic rings. The van der Waals surface area contributed by atoms with Gasteiger partial charge in [0.1, 0.15) is 0 Å². The molecule has 0 atom stereocenters. The van der Waals surface area contributed by atoms with Crippen LogP contribution in [-0.4, -0.2) is 65.7 Å². The van der Waals surface area contributed by atoms with Gasteiger partial charge >= 0.3 is 0 Å². The van der Waals surface area contributed by atoms with E-state index in [1.54, 1.807) is 0 Å². The van der Waals surface area contributed by atoms with Crippen LogP contribution in [0.25, 0.3) is 0 Å². The van der Waals surface area contributed by atoms with Crippen molar-refractivity contribution in [1.82, 2.24) is 0 Å². The second-order valence-corrected chi connectivity index (χ2v) is 0. The molecule has 0 N–H and O–H groups in total. The molecule has 0 aromatic rings. The van der Waals surface area contributed by atoms with Crippen molar-refractivity contribution in [2.45, 2.75) is 0 Å². The molecule has 0 aliphatic heterocycles. The van der Waals surface area contributed by atoms with E-state index in [0.717, 1.165) is 0 Å². The molecular weight excluding hydrogens is 354 g/mol. The van der Waals surface area contributed by atoms with E-state index in [4.69, 9.17) is 0 Å². The van der Waals surface area contributed by atoms with Crippen LogP contribution < -0.4 is 0 Å². The Bertz CT molecular complexity index is 8.00. The van der Waals surface area contributed by atoms with Crippen molar-refractivity contribution in [3.8, 4) is 0 Å². The Balaban J connectivity index is 0. The smallest absolute Gasteiger partial charge is 0 e. The average molecular weight is 356 g/mol. The minimum atomic E-state index is 0. The van der Waals surface area contributed by atoms with Crippen molar-refractivity contribution >= 4 is 79.2 Å². The predicted molar refractivity (Wildman–Crippen MR) is 27.6 cm³/mol. The summed E-state index contributed by atoms with van der Waals surface area (Å²) in [7, 11) is 0. The summed E-state index contributed by atoms with van der Waals surface area (Å²) in [5, 5.41) is 0. The quantitative estimate of drug-likeness (QED) is 0.487.